The van der Waals surface area contributed by atoms with Gasteiger partial charge in [0, 0.05) is 0 Å². The minimum Gasteiger partial charge on any atom is -0.449 e. The summed E-state index contributed by atoms with van der Waals surface area (Å²) in [7, 11) is 0. The molecule has 0 unspecified atom stereocenters. The second-order valence-corrected chi connectivity index (χ2v) is 3.48. The third-order valence-electron chi connectivity index (χ3n) is 2.36. The van der Waals surface area contributed by atoms with Crippen LogP contribution in [0.3, 0.4) is 0 Å². The Kier molecular flexibility index (Phi) is 7.61. The van der Waals surface area contributed by atoms with Crippen LogP contribution in [0.2, 0.25) is 6.32 Å². The van der Waals surface area contributed by atoms with E-state index in [0.717, 1.165) is 25.9 Å². The third-order valence-corrected chi connectivity index (χ3v) is 2.36. The van der Waals surface area contributed by atoms with Gasteiger partial charge in [0.25, 0.3) is 0 Å². The summed E-state index contributed by atoms with van der Waals surface area (Å²) in [6, 6.07) is 0. The number of hydrogen-bond acceptors (Lipinski definition) is 1. The predicted octanol–water partition coefficient (Wildman–Crippen LogP) is -0.772. The number of halogens is 3. The molecule has 0 bridgehead atoms. The van der Waals surface area contributed by atoms with Crippen molar-refractivity contribution in [2.45, 2.75) is 25.6 Å². The maximum atomic E-state index is 11.9. The maximum Gasteiger partial charge on any atom is 1.00 e. The Labute approximate surface area is 120 Å². The summed E-state index contributed by atoms with van der Waals surface area (Å²) >= 11 is 0. The molecule has 1 nitrogen and oxygen atoms in total. The summed E-state index contributed by atoms with van der Waals surface area (Å²) in [5, 5.41) is 3.14. The molecule has 1 aliphatic heterocycles. The van der Waals surface area contributed by atoms with Gasteiger partial charge in [0.1, 0.15) is 0 Å². The van der Waals surface area contributed by atoms with Gasteiger partial charge in [0.05, 0.1) is 0 Å². The molecule has 1 rings (SSSR count). The first kappa shape index (κ1) is 14.5. The molecule has 72 valence electrons. The first-order chi connectivity index (χ1) is 5.58. The van der Waals surface area contributed by atoms with Crippen LogP contribution < -0.4 is 56.7 Å². The Morgan fingerprint density at radius 2 is 1.69 bits per heavy atom. The zero-order valence-electron chi connectivity index (χ0n) is 8.03. The van der Waals surface area contributed by atoms with Crippen LogP contribution in [0.25, 0.3) is 0 Å². The van der Waals surface area contributed by atoms with Gasteiger partial charge in [-0.05, 0) is 31.8 Å². The van der Waals surface area contributed by atoms with Crippen molar-refractivity contribution in [3.63, 3.8) is 0 Å². The van der Waals surface area contributed by atoms with E-state index < -0.39 is 13.3 Å². The van der Waals surface area contributed by atoms with Crippen LogP contribution in [0.4, 0.5) is 12.9 Å². The standard InChI is InChI=1S/C7H14BF3N.K/c9-8(10,11)4-1-7-2-5-12-6-3-7;/h7,12H,1-6H2;/q-1;+1. The number of hydrogen-bond donors (Lipinski definition) is 1. The van der Waals surface area contributed by atoms with Gasteiger partial charge in [-0.2, -0.15) is 0 Å². The smallest absolute Gasteiger partial charge is 0.449 e. The van der Waals surface area contributed by atoms with Gasteiger partial charge in [-0.25, -0.2) is 0 Å². The molecular weight excluding hydrogens is 205 g/mol. The van der Waals surface area contributed by atoms with Crippen molar-refractivity contribution in [3.8, 4) is 0 Å². The predicted molar refractivity (Wildman–Crippen MR) is 44.1 cm³/mol. The first-order valence-corrected chi connectivity index (χ1v) is 4.49. The van der Waals surface area contributed by atoms with Crippen molar-refractivity contribution in [1.82, 2.24) is 5.32 Å². The van der Waals surface area contributed by atoms with Gasteiger partial charge >= 0.3 is 58.4 Å². The zero-order chi connectivity index (χ0) is 9.03. The number of nitrogens with one attached hydrogen (secondary N) is 1. The number of rotatable bonds is 3. The molecule has 0 spiro atoms. The van der Waals surface area contributed by atoms with Crippen molar-refractivity contribution in [1.29, 1.82) is 0 Å². The van der Waals surface area contributed by atoms with Gasteiger partial charge in [-0.3, -0.25) is 0 Å². The fourth-order valence-corrected chi connectivity index (χ4v) is 1.60. The second kappa shape index (κ2) is 6.85. The van der Waals surface area contributed by atoms with E-state index in [-0.39, 0.29) is 51.4 Å². The molecule has 0 aromatic rings. The fourth-order valence-electron chi connectivity index (χ4n) is 1.60. The maximum absolute atomic E-state index is 11.9. The largest absolute Gasteiger partial charge is 1.00 e. The van der Waals surface area contributed by atoms with Crippen LogP contribution in [0.1, 0.15) is 19.3 Å². The quantitative estimate of drug-likeness (QED) is 0.614. The molecule has 1 heterocycles. The molecule has 0 saturated carbocycles. The van der Waals surface area contributed by atoms with E-state index in [1.54, 1.807) is 0 Å². The average Bonchev–Trinajstić information content (AvgIpc) is 2.02. The molecule has 1 saturated heterocycles. The average molecular weight is 219 g/mol. The van der Waals surface area contributed by atoms with Crippen LogP contribution in [0.15, 0.2) is 0 Å². The summed E-state index contributed by atoms with van der Waals surface area (Å²) in [4.78, 5) is 0. The van der Waals surface area contributed by atoms with E-state index in [2.05, 4.69) is 5.32 Å². The summed E-state index contributed by atoms with van der Waals surface area (Å²) in [6.07, 6.45) is 1.61. The molecule has 0 aliphatic carbocycles. The Morgan fingerprint density at radius 3 is 2.15 bits per heavy atom. The van der Waals surface area contributed by atoms with Crippen LogP contribution in [-0.2, 0) is 0 Å². The van der Waals surface area contributed by atoms with E-state index in [1.165, 1.54) is 0 Å². The minimum absolute atomic E-state index is 0. The molecule has 0 atom stereocenters. The molecule has 0 aromatic carbocycles. The molecule has 6 heteroatoms. The first-order valence-electron chi connectivity index (χ1n) is 4.49. The van der Waals surface area contributed by atoms with Crippen LogP contribution >= 0.6 is 0 Å². The van der Waals surface area contributed by atoms with E-state index in [9.17, 15) is 12.9 Å². The van der Waals surface area contributed by atoms with Gasteiger partial charge in [0.2, 0.25) is 0 Å². The molecule has 1 fully saturated rings. The Bertz CT molecular complexity index is 136. The Morgan fingerprint density at radius 1 is 1.15 bits per heavy atom. The van der Waals surface area contributed by atoms with Crippen molar-refractivity contribution in [2.75, 3.05) is 13.1 Å². The minimum atomic E-state index is -4.55. The SMILES string of the molecule is F[B-](F)(F)CCC1CCNCC1.[K+]. The Hall–Kier alpha value is 1.45. The van der Waals surface area contributed by atoms with Crippen molar-refractivity contribution in [2.24, 2.45) is 5.92 Å². The van der Waals surface area contributed by atoms with Gasteiger partial charge in [0.15, 0.2) is 0 Å². The summed E-state index contributed by atoms with van der Waals surface area (Å²) in [6.45, 7) is -2.78. The van der Waals surface area contributed by atoms with E-state index in [0.29, 0.717) is 12.3 Å². The fraction of sp³-hybridized carbons (Fsp3) is 1.00. The summed E-state index contributed by atoms with van der Waals surface area (Å²) < 4.78 is 35.6. The van der Waals surface area contributed by atoms with Crippen molar-refractivity contribution in [3.05, 3.63) is 0 Å². The van der Waals surface area contributed by atoms with E-state index in [4.69, 9.17) is 0 Å². The summed E-state index contributed by atoms with van der Waals surface area (Å²) in [5.41, 5.74) is 0. The van der Waals surface area contributed by atoms with Crippen LogP contribution in [0, 0.1) is 5.92 Å². The van der Waals surface area contributed by atoms with Crippen molar-refractivity contribution < 1.29 is 64.3 Å². The normalized spacial score (nSPS) is 19.6. The monoisotopic (exact) mass is 219 g/mol. The zero-order valence-corrected chi connectivity index (χ0v) is 11.2. The third kappa shape index (κ3) is 7.39. The van der Waals surface area contributed by atoms with Gasteiger partial charge in [-0.15, -0.1) is 0 Å². The van der Waals surface area contributed by atoms with Gasteiger partial charge < -0.3 is 18.3 Å². The molecule has 0 aromatic heterocycles. The van der Waals surface area contributed by atoms with Crippen molar-refractivity contribution >= 4 is 6.98 Å². The summed E-state index contributed by atoms with van der Waals surface area (Å²) in [5.74, 6) is 0.301. The second-order valence-electron chi connectivity index (χ2n) is 3.48. The molecule has 1 N–H and O–H groups in total. The van der Waals surface area contributed by atoms with E-state index in [1.807, 2.05) is 0 Å². The molecule has 0 radical (unpaired) electrons. The topological polar surface area (TPSA) is 12.0 Å². The molecule has 0 amide bonds. The van der Waals surface area contributed by atoms with Crippen LogP contribution in [0.5, 0.6) is 0 Å². The van der Waals surface area contributed by atoms with E-state index >= 15 is 0 Å². The van der Waals surface area contributed by atoms with Gasteiger partial charge in [-0.1, -0.05) is 12.7 Å². The molecule has 1 aliphatic rings. The molecule has 13 heavy (non-hydrogen) atoms. The molecular formula is C7H14BF3KN. The van der Waals surface area contributed by atoms with Crippen LogP contribution in [-0.4, -0.2) is 20.1 Å². The number of piperidine rings is 1. The Balaban J connectivity index is 0.00000144.